The topological polar surface area (TPSA) is 40.0 Å². The molecule has 1 aromatic rings. The summed E-state index contributed by atoms with van der Waals surface area (Å²) in [5, 5.41) is 2.73. The number of rotatable bonds is 1. The SMILES string of the molecule is C=C1C=C2N=C(c3ccc(C(C)(C)C)cc3)N=C(SC)N2N1. The maximum Gasteiger partial charge on any atom is 0.190 e. The molecule has 1 N–H and O–H groups in total. The number of nitrogens with zero attached hydrogens (tertiary/aromatic N) is 3. The van der Waals surface area contributed by atoms with E-state index in [4.69, 9.17) is 0 Å². The van der Waals surface area contributed by atoms with Crippen molar-refractivity contribution in [2.45, 2.75) is 26.2 Å². The lowest BCUT2D eigenvalue weighted by molar-refractivity contribution is 0.459. The van der Waals surface area contributed by atoms with E-state index in [9.17, 15) is 0 Å². The molecule has 0 amide bonds. The third-order valence-corrected chi connectivity index (χ3v) is 4.23. The molecular weight excluding hydrogens is 292 g/mol. The lowest BCUT2D eigenvalue weighted by atomic mass is 9.86. The number of fused-ring (bicyclic) bond motifs is 1. The molecule has 0 spiro atoms. The maximum atomic E-state index is 4.65. The van der Waals surface area contributed by atoms with Crippen molar-refractivity contribution < 1.29 is 0 Å². The molecule has 0 bridgehead atoms. The van der Waals surface area contributed by atoms with Crippen LogP contribution in [0.25, 0.3) is 0 Å². The van der Waals surface area contributed by atoms with Gasteiger partial charge >= 0.3 is 0 Å². The first kappa shape index (κ1) is 14.9. The number of hydrogen-bond donors (Lipinski definition) is 1. The van der Waals surface area contributed by atoms with E-state index in [1.165, 1.54) is 5.56 Å². The molecule has 0 saturated heterocycles. The zero-order valence-corrected chi connectivity index (χ0v) is 14.2. The van der Waals surface area contributed by atoms with Crippen molar-refractivity contribution in [1.82, 2.24) is 10.4 Å². The van der Waals surface area contributed by atoms with Crippen LogP contribution in [-0.2, 0) is 5.41 Å². The smallest absolute Gasteiger partial charge is 0.190 e. The molecule has 0 atom stereocenters. The van der Waals surface area contributed by atoms with Gasteiger partial charge in [0.2, 0.25) is 0 Å². The van der Waals surface area contributed by atoms with Crippen molar-refractivity contribution in [3.8, 4) is 0 Å². The number of thioether (sulfide) groups is 1. The fourth-order valence-corrected chi connectivity index (χ4v) is 2.84. The minimum Gasteiger partial charge on any atom is -0.291 e. The van der Waals surface area contributed by atoms with Gasteiger partial charge in [0.15, 0.2) is 16.8 Å². The summed E-state index contributed by atoms with van der Waals surface area (Å²) in [5.74, 6) is 1.57. The second kappa shape index (κ2) is 5.32. The molecule has 22 heavy (non-hydrogen) atoms. The Morgan fingerprint density at radius 2 is 1.82 bits per heavy atom. The Morgan fingerprint density at radius 3 is 2.41 bits per heavy atom. The van der Waals surface area contributed by atoms with E-state index >= 15 is 0 Å². The van der Waals surface area contributed by atoms with Crippen LogP contribution in [0.2, 0.25) is 0 Å². The van der Waals surface area contributed by atoms with Gasteiger partial charge in [0.1, 0.15) is 0 Å². The third kappa shape index (κ3) is 2.68. The summed E-state index contributed by atoms with van der Waals surface area (Å²) in [4.78, 5) is 9.28. The molecule has 5 heteroatoms. The van der Waals surface area contributed by atoms with E-state index < -0.39 is 0 Å². The summed E-state index contributed by atoms with van der Waals surface area (Å²) in [6, 6.07) is 8.49. The average Bonchev–Trinajstić information content (AvgIpc) is 2.85. The van der Waals surface area contributed by atoms with Crippen molar-refractivity contribution in [2.24, 2.45) is 9.98 Å². The fourth-order valence-electron chi connectivity index (χ4n) is 2.34. The van der Waals surface area contributed by atoms with Crippen molar-refractivity contribution >= 4 is 22.8 Å². The van der Waals surface area contributed by atoms with E-state index in [2.05, 4.69) is 67.0 Å². The van der Waals surface area contributed by atoms with Crippen LogP contribution in [0.5, 0.6) is 0 Å². The van der Waals surface area contributed by atoms with Gasteiger partial charge in [0, 0.05) is 11.6 Å². The first-order chi connectivity index (χ1) is 10.4. The molecule has 0 saturated carbocycles. The summed E-state index contributed by atoms with van der Waals surface area (Å²) in [6.07, 6.45) is 3.93. The predicted molar refractivity (Wildman–Crippen MR) is 94.8 cm³/mol. The van der Waals surface area contributed by atoms with Gasteiger partial charge in [-0.2, -0.15) is 0 Å². The first-order valence-electron chi connectivity index (χ1n) is 7.18. The normalized spacial score (nSPS) is 17.5. The molecule has 1 aromatic carbocycles. The molecule has 4 nitrogen and oxygen atoms in total. The molecule has 0 aromatic heterocycles. The van der Waals surface area contributed by atoms with E-state index in [0.717, 1.165) is 28.1 Å². The number of nitrogens with one attached hydrogen (secondary N) is 1. The fraction of sp³-hybridized carbons (Fsp3) is 0.294. The van der Waals surface area contributed by atoms with Crippen LogP contribution in [0.15, 0.2) is 58.4 Å². The zero-order valence-electron chi connectivity index (χ0n) is 13.3. The Hall–Kier alpha value is -2.01. The first-order valence-corrected chi connectivity index (χ1v) is 8.40. The highest BCUT2D eigenvalue weighted by Crippen LogP contribution is 2.26. The molecule has 0 radical (unpaired) electrons. The number of hydrazine groups is 1. The van der Waals surface area contributed by atoms with Gasteiger partial charge in [0.25, 0.3) is 0 Å². The summed E-state index contributed by atoms with van der Waals surface area (Å²) in [5.41, 5.74) is 6.44. The van der Waals surface area contributed by atoms with Crippen LogP contribution in [0.3, 0.4) is 0 Å². The third-order valence-electron chi connectivity index (χ3n) is 3.59. The highest BCUT2D eigenvalue weighted by molar-refractivity contribution is 8.13. The van der Waals surface area contributed by atoms with E-state index in [1.54, 1.807) is 11.8 Å². The van der Waals surface area contributed by atoms with Gasteiger partial charge in [-0.3, -0.25) is 5.43 Å². The van der Waals surface area contributed by atoms with E-state index in [0.29, 0.717) is 0 Å². The van der Waals surface area contributed by atoms with Gasteiger partial charge in [-0.1, -0.05) is 63.4 Å². The van der Waals surface area contributed by atoms with Crippen LogP contribution in [0.4, 0.5) is 0 Å². The number of hydrogen-bond acceptors (Lipinski definition) is 5. The molecule has 2 aliphatic heterocycles. The lowest BCUT2D eigenvalue weighted by Crippen LogP contribution is -2.37. The van der Waals surface area contributed by atoms with E-state index in [-0.39, 0.29) is 5.41 Å². The monoisotopic (exact) mass is 312 g/mol. The average molecular weight is 312 g/mol. The maximum absolute atomic E-state index is 4.65. The summed E-state index contributed by atoms with van der Waals surface area (Å²) >= 11 is 1.58. The van der Waals surface area contributed by atoms with Crippen molar-refractivity contribution in [2.75, 3.05) is 6.26 Å². The molecule has 0 unspecified atom stereocenters. The largest absolute Gasteiger partial charge is 0.291 e. The number of allylic oxidation sites excluding steroid dienone is 1. The Labute approximate surface area is 135 Å². The van der Waals surface area contributed by atoms with Crippen molar-refractivity contribution in [1.29, 1.82) is 0 Å². The second-order valence-corrected chi connectivity index (χ2v) is 7.11. The molecule has 0 fully saturated rings. The molecule has 114 valence electrons. The summed E-state index contributed by atoms with van der Waals surface area (Å²) < 4.78 is 0. The quantitative estimate of drug-likeness (QED) is 0.860. The van der Waals surface area contributed by atoms with Gasteiger partial charge < -0.3 is 0 Å². The Balaban J connectivity index is 1.97. The standard InChI is InChI=1S/C17H20N4S/c1-11-10-14-18-15(19-16(22-5)21(14)20-11)12-6-8-13(9-7-12)17(2,3)4/h6-10,20H,1H2,2-5H3. The summed E-state index contributed by atoms with van der Waals surface area (Å²) in [7, 11) is 0. The van der Waals surface area contributed by atoms with Crippen LogP contribution in [-0.4, -0.2) is 22.3 Å². The van der Waals surface area contributed by atoms with Gasteiger partial charge in [-0.15, -0.1) is 0 Å². The van der Waals surface area contributed by atoms with Gasteiger partial charge in [-0.25, -0.2) is 15.0 Å². The zero-order chi connectivity index (χ0) is 15.9. The van der Waals surface area contributed by atoms with Gasteiger partial charge in [-0.05, 0) is 17.2 Å². The van der Waals surface area contributed by atoms with E-state index in [1.807, 2.05) is 17.3 Å². The van der Waals surface area contributed by atoms with Crippen LogP contribution in [0.1, 0.15) is 31.9 Å². The van der Waals surface area contributed by atoms with Crippen molar-refractivity contribution in [3.05, 3.63) is 59.6 Å². The van der Waals surface area contributed by atoms with Gasteiger partial charge in [0.05, 0.1) is 5.70 Å². The number of amidine groups is 2. The van der Waals surface area contributed by atoms with Crippen LogP contribution < -0.4 is 5.43 Å². The molecule has 3 rings (SSSR count). The lowest BCUT2D eigenvalue weighted by Gasteiger charge is -2.24. The highest BCUT2D eigenvalue weighted by atomic mass is 32.2. The number of aliphatic imine (C=N–C) groups is 2. The summed E-state index contributed by atoms with van der Waals surface area (Å²) in [6.45, 7) is 10.6. The highest BCUT2D eigenvalue weighted by Gasteiger charge is 2.26. The molecule has 0 aliphatic carbocycles. The molecular formula is C17H20N4S. The number of benzene rings is 1. The minimum atomic E-state index is 0.146. The second-order valence-electron chi connectivity index (χ2n) is 6.34. The Morgan fingerprint density at radius 1 is 1.14 bits per heavy atom. The minimum absolute atomic E-state index is 0.146. The van der Waals surface area contributed by atoms with Crippen molar-refractivity contribution in [3.63, 3.8) is 0 Å². The Kier molecular flexibility index (Phi) is 3.60. The van der Waals surface area contributed by atoms with Crippen LogP contribution >= 0.6 is 11.8 Å². The van der Waals surface area contributed by atoms with Crippen LogP contribution in [0, 0.1) is 0 Å². The Bertz CT molecular complexity index is 705. The molecule has 2 heterocycles. The predicted octanol–water partition coefficient (Wildman–Crippen LogP) is 3.64. The molecule has 2 aliphatic rings.